The molecule has 3 nitrogen and oxygen atoms in total. The molecule has 0 spiro atoms. The number of oxazole rings is 1. The molecular formula is C14H22N2O. The van der Waals surface area contributed by atoms with Crippen LogP contribution in [-0.2, 0) is 6.42 Å². The van der Waals surface area contributed by atoms with Crippen molar-refractivity contribution >= 4 is 0 Å². The van der Waals surface area contributed by atoms with Crippen molar-refractivity contribution in [2.24, 2.45) is 5.92 Å². The molecule has 1 unspecified atom stereocenters. The molecule has 0 radical (unpaired) electrons. The molecule has 1 N–H and O–H groups in total. The van der Waals surface area contributed by atoms with Crippen LogP contribution in [0, 0.1) is 5.92 Å². The van der Waals surface area contributed by atoms with Crippen molar-refractivity contribution in [3.8, 4) is 0 Å². The summed E-state index contributed by atoms with van der Waals surface area (Å²) in [5, 5.41) is 3.52. The van der Waals surface area contributed by atoms with Crippen LogP contribution >= 0.6 is 0 Å². The van der Waals surface area contributed by atoms with E-state index >= 15 is 0 Å². The fourth-order valence-electron chi connectivity index (χ4n) is 2.31. The molecule has 1 aromatic heterocycles. The van der Waals surface area contributed by atoms with E-state index in [0.29, 0.717) is 5.92 Å². The fraction of sp³-hybridized carbons (Fsp3) is 0.786. The summed E-state index contributed by atoms with van der Waals surface area (Å²) in [6, 6.07) is 0.810. The van der Waals surface area contributed by atoms with Gasteiger partial charge < -0.3 is 9.73 Å². The van der Waals surface area contributed by atoms with Crippen LogP contribution in [0.1, 0.15) is 56.6 Å². The summed E-state index contributed by atoms with van der Waals surface area (Å²) in [4.78, 5) is 4.39. The number of hydrogen-bond acceptors (Lipinski definition) is 3. The standard InChI is InChI=1S/C14H22N2O/c1-10(11-4-5-11)13-9-16-14(17-13)3-2-8-15-12-6-7-12/h9-12,15H,2-8H2,1H3. The number of nitrogens with zero attached hydrogens (tertiary/aromatic N) is 1. The van der Waals surface area contributed by atoms with Gasteiger partial charge in [0.2, 0.25) is 0 Å². The van der Waals surface area contributed by atoms with Crippen LogP contribution in [0.2, 0.25) is 0 Å². The molecule has 2 fully saturated rings. The van der Waals surface area contributed by atoms with Crippen LogP contribution in [0.25, 0.3) is 0 Å². The molecule has 0 amide bonds. The van der Waals surface area contributed by atoms with Gasteiger partial charge in [-0.15, -0.1) is 0 Å². The van der Waals surface area contributed by atoms with Crippen LogP contribution < -0.4 is 5.32 Å². The highest BCUT2D eigenvalue weighted by Gasteiger charge is 2.31. The van der Waals surface area contributed by atoms with Gasteiger partial charge in [-0.25, -0.2) is 4.98 Å². The Balaban J connectivity index is 1.42. The summed E-state index contributed by atoms with van der Waals surface area (Å²) < 4.78 is 5.83. The van der Waals surface area contributed by atoms with Gasteiger partial charge in [0.25, 0.3) is 0 Å². The van der Waals surface area contributed by atoms with Gasteiger partial charge in [-0.2, -0.15) is 0 Å². The molecule has 3 heteroatoms. The van der Waals surface area contributed by atoms with E-state index in [4.69, 9.17) is 4.42 Å². The normalized spacial score (nSPS) is 21.7. The van der Waals surface area contributed by atoms with E-state index in [1.807, 2.05) is 6.20 Å². The second kappa shape index (κ2) is 4.81. The van der Waals surface area contributed by atoms with Crippen LogP contribution in [0.5, 0.6) is 0 Å². The van der Waals surface area contributed by atoms with E-state index in [2.05, 4.69) is 17.2 Å². The van der Waals surface area contributed by atoms with Gasteiger partial charge in [-0.3, -0.25) is 0 Å². The molecule has 1 atom stereocenters. The maximum atomic E-state index is 5.83. The highest BCUT2D eigenvalue weighted by atomic mass is 16.4. The van der Waals surface area contributed by atoms with Gasteiger partial charge in [0.05, 0.1) is 6.20 Å². The predicted octanol–water partition coefficient (Wildman–Crippen LogP) is 2.87. The summed E-state index contributed by atoms with van der Waals surface area (Å²) in [7, 11) is 0. The maximum absolute atomic E-state index is 5.83. The molecule has 2 aliphatic carbocycles. The highest BCUT2D eigenvalue weighted by molar-refractivity contribution is 5.05. The van der Waals surface area contributed by atoms with Gasteiger partial charge in [0, 0.05) is 18.4 Å². The van der Waals surface area contributed by atoms with Crippen molar-refractivity contribution < 1.29 is 4.42 Å². The van der Waals surface area contributed by atoms with Crippen molar-refractivity contribution in [3.63, 3.8) is 0 Å². The Morgan fingerprint density at radius 1 is 1.41 bits per heavy atom. The molecular weight excluding hydrogens is 212 g/mol. The molecule has 2 aliphatic rings. The highest BCUT2D eigenvalue weighted by Crippen LogP contribution is 2.42. The minimum atomic E-state index is 0.570. The largest absolute Gasteiger partial charge is 0.445 e. The first-order valence-corrected chi connectivity index (χ1v) is 7.01. The third kappa shape index (κ3) is 3.09. The second-order valence-corrected chi connectivity index (χ2v) is 5.61. The van der Waals surface area contributed by atoms with E-state index in [9.17, 15) is 0 Å². The molecule has 17 heavy (non-hydrogen) atoms. The molecule has 94 valence electrons. The second-order valence-electron chi connectivity index (χ2n) is 5.61. The van der Waals surface area contributed by atoms with E-state index in [1.165, 1.54) is 25.7 Å². The summed E-state index contributed by atoms with van der Waals surface area (Å²) in [5.74, 6) is 3.44. The lowest BCUT2D eigenvalue weighted by Crippen LogP contribution is -2.17. The summed E-state index contributed by atoms with van der Waals surface area (Å²) >= 11 is 0. The number of hydrogen-bond donors (Lipinski definition) is 1. The molecule has 2 saturated carbocycles. The quantitative estimate of drug-likeness (QED) is 0.737. The zero-order valence-electron chi connectivity index (χ0n) is 10.6. The Morgan fingerprint density at radius 2 is 2.24 bits per heavy atom. The topological polar surface area (TPSA) is 38.1 Å². The Hall–Kier alpha value is -0.830. The van der Waals surface area contributed by atoms with E-state index < -0.39 is 0 Å². The third-order valence-electron chi connectivity index (χ3n) is 3.93. The van der Waals surface area contributed by atoms with Crippen molar-refractivity contribution in [2.45, 2.75) is 57.4 Å². The maximum Gasteiger partial charge on any atom is 0.194 e. The number of aryl methyl sites for hydroxylation is 1. The zero-order valence-corrected chi connectivity index (χ0v) is 10.6. The molecule has 3 rings (SSSR count). The number of aromatic nitrogens is 1. The molecule has 1 heterocycles. The van der Waals surface area contributed by atoms with Gasteiger partial charge in [0.15, 0.2) is 5.89 Å². The van der Waals surface area contributed by atoms with Crippen molar-refractivity contribution in [1.82, 2.24) is 10.3 Å². The molecule has 1 aromatic rings. The average molecular weight is 234 g/mol. The Kier molecular flexibility index (Phi) is 3.19. The number of nitrogens with one attached hydrogen (secondary N) is 1. The first kappa shape index (κ1) is 11.3. The third-order valence-corrected chi connectivity index (χ3v) is 3.93. The van der Waals surface area contributed by atoms with Crippen LogP contribution in [0.4, 0.5) is 0 Å². The Morgan fingerprint density at radius 3 is 2.94 bits per heavy atom. The monoisotopic (exact) mass is 234 g/mol. The molecule has 0 bridgehead atoms. The van der Waals surface area contributed by atoms with Crippen LogP contribution in [-0.4, -0.2) is 17.6 Å². The van der Waals surface area contributed by atoms with Gasteiger partial charge in [-0.1, -0.05) is 6.92 Å². The lowest BCUT2D eigenvalue weighted by atomic mass is 10.0. The molecule has 0 saturated heterocycles. The summed E-state index contributed by atoms with van der Waals surface area (Å²) in [5.41, 5.74) is 0. The Bertz CT molecular complexity index is 366. The SMILES string of the molecule is CC(c1cnc(CCCNC2CC2)o1)C1CC1. The first-order chi connectivity index (χ1) is 8.33. The predicted molar refractivity (Wildman–Crippen MR) is 67.0 cm³/mol. The van der Waals surface area contributed by atoms with Gasteiger partial charge in [0.1, 0.15) is 5.76 Å². The summed E-state index contributed by atoms with van der Waals surface area (Å²) in [6.45, 7) is 3.36. The fourth-order valence-corrected chi connectivity index (χ4v) is 2.31. The smallest absolute Gasteiger partial charge is 0.194 e. The van der Waals surface area contributed by atoms with Gasteiger partial charge >= 0.3 is 0 Å². The Labute approximate surface area is 103 Å². The summed E-state index contributed by atoms with van der Waals surface area (Å²) in [6.07, 6.45) is 9.49. The van der Waals surface area contributed by atoms with E-state index in [1.54, 1.807) is 0 Å². The van der Waals surface area contributed by atoms with E-state index in [-0.39, 0.29) is 0 Å². The first-order valence-electron chi connectivity index (χ1n) is 7.01. The lowest BCUT2D eigenvalue weighted by Gasteiger charge is -2.04. The van der Waals surface area contributed by atoms with Crippen LogP contribution in [0.15, 0.2) is 10.6 Å². The van der Waals surface area contributed by atoms with E-state index in [0.717, 1.165) is 43.0 Å². The minimum Gasteiger partial charge on any atom is -0.445 e. The lowest BCUT2D eigenvalue weighted by molar-refractivity contribution is 0.411. The van der Waals surface area contributed by atoms with Crippen molar-refractivity contribution in [1.29, 1.82) is 0 Å². The van der Waals surface area contributed by atoms with Crippen LogP contribution in [0.3, 0.4) is 0 Å². The van der Waals surface area contributed by atoms with Gasteiger partial charge in [-0.05, 0) is 44.6 Å². The van der Waals surface area contributed by atoms with Crippen molar-refractivity contribution in [2.75, 3.05) is 6.54 Å². The molecule has 0 aromatic carbocycles. The zero-order chi connectivity index (χ0) is 11.7. The van der Waals surface area contributed by atoms with Crippen molar-refractivity contribution in [3.05, 3.63) is 17.8 Å². The molecule has 0 aliphatic heterocycles. The minimum absolute atomic E-state index is 0.570. The number of rotatable bonds is 7. The average Bonchev–Trinajstić information content (AvgIpc) is 3.23.